The second-order valence-electron chi connectivity index (χ2n) is 5.05. The lowest BCUT2D eigenvalue weighted by atomic mass is 10.1. The van der Waals surface area contributed by atoms with E-state index in [4.69, 9.17) is 0 Å². The molecule has 0 bridgehead atoms. The van der Waals surface area contributed by atoms with Gasteiger partial charge in [-0.15, -0.1) is 0 Å². The molecule has 0 aliphatic rings. The molecule has 3 aromatic rings. The molecular formula is C18H15N3O3. The molecule has 0 fully saturated rings. The number of methoxy groups -OCH3 is 1. The maximum atomic E-state index is 12.2. The maximum Gasteiger partial charge on any atom is 0.337 e. The molecule has 0 spiro atoms. The summed E-state index contributed by atoms with van der Waals surface area (Å²) in [4.78, 5) is 27.6. The summed E-state index contributed by atoms with van der Waals surface area (Å²) in [5, 5.41) is 7.38. The van der Waals surface area contributed by atoms with Crippen LogP contribution in [-0.2, 0) is 4.74 Å². The molecule has 0 atom stereocenters. The van der Waals surface area contributed by atoms with E-state index >= 15 is 0 Å². The van der Waals surface area contributed by atoms with Gasteiger partial charge in [-0.1, -0.05) is 12.1 Å². The monoisotopic (exact) mass is 321 g/mol. The van der Waals surface area contributed by atoms with E-state index in [0.717, 1.165) is 10.8 Å². The number of nitrogens with zero attached hydrogens (tertiary/aromatic N) is 1. The third-order valence-corrected chi connectivity index (χ3v) is 3.49. The average molecular weight is 321 g/mol. The summed E-state index contributed by atoms with van der Waals surface area (Å²) in [6, 6.07) is 13.5. The number of fused-ring (bicyclic) bond motifs is 1. The minimum absolute atomic E-state index is 0.370. The highest BCUT2D eigenvalue weighted by atomic mass is 16.5. The van der Waals surface area contributed by atoms with Crippen LogP contribution in [0.4, 0.5) is 16.2 Å². The van der Waals surface area contributed by atoms with Gasteiger partial charge in [-0.25, -0.2) is 9.59 Å². The number of benzene rings is 2. The third-order valence-electron chi connectivity index (χ3n) is 3.49. The molecule has 0 radical (unpaired) electrons. The number of pyridine rings is 1. The molecule has 0 unspecified atom stereocenters. The smallest absolute Gasteiger partial charge is 0.337 e. The molecule has 6 heteroatoms. The number of rotatable bonds is 3. The molecule has 120 valence electrons. The Kier molecular flexibility index (Phi) is 4.38. The fourth-order valence-corrected chi connectivity index (χ4v) is 2.32. The molecular weight excluding hydrogens is 306 g/mol. The summed E-state index contributed by atoms with van der Waals surface area (Å²) in [6.45, 7) is 0. The zero-order chi connectivity index (χ0) is 16.9. The zero-order valence-corrected chi connectivity index (χ0v) is 12.9. The first-order chi connectivity index (χ1) is 11.7. The minimum Gasteiger partial charge on any atom is -0.465 e. The number of amides is 2. The van der Waals surface area contributed by atoms with E-state index < -0.39 is 5.97 Å². The highest BCUT2D eigenvalue weighted by Crippen LogP contribution is 2.22. The normalized spacial score (nSPS) is 10.2. The van der Waals surface area contributed by atoms with Gasteiger partial charge in [-0.05, 0) is 36.4 Å². The Bertz CT molecular complexity index is 886. The van der Waals surface area contributed by atoms with Crippen LogP contribution in [-0.4, -0.2) is 24.1 Å². The van der Waals surface area contributed by atoms with Crippen molar-refractivity contribution in [3.63, 3.8) is 0 Å². The van der Waals surface area contributed by atoms with Crippen LogP contribution in [0.25, 0.3) is 10.8 Å². The van der Waals surface area contributed by atoms with Crippen LogP contribution in [0.1, 0.15) is 10.4 Å². The Labute approximate surface area is 138 Å². The molecule has 24 heavy (non-hydrogen) atoms. The van der Waals surface area contributed by atoms with Crippen LogP contribution in [0.15, 0.2) is 60.9 Å². The van der Waals surface area contributed by atoms with Gasteiger partial charge < -0.3 is 15.4 Å². The van der Waals surface area contributed by atoms with E-state index in [-0.39, 0.29) is 6.03 Å². The molecule has 0 saturated carbocycles. The highest BCUT2D eigenvalue weighted by molar-refractivity contribution is 6.06. The summed E-state index contributed by atoms with van der Waals surface area (Å²) >= 11 is 0. The number of carbonyl (C=O) groups excluding carboxylic acids is 2. The summed E-state index contributed by atoms with van der Waals surface area (Å²) in [7, 11) is 1.32. The van der Waals surface area contributed by atoms with Gasteiger partial charge in [0.1, 0.15) is 0 Å². The highest BCUT2D eigenvalue weighted by Gasteiger charge is 2.08. The predicted molar refractivity (Wildman–Crippen MR) is 92.2 cm³/mol. The average Bonchev–Trinajstić information content (AvgIpc) is 2.62. The molecule has 0 aliphatic heterocycles. The number of nitrogens with one attached hydrogen (secondary N) is 2. The van der Waals surface area contributed by atoms with Crippen molar-refractivity contribution in [2.45, 2.75) is 0 Å². The van der Waals surface area contributed by atoms with E-state index in [0.29, 0.717) is 16.9 Å². The van der Waals surface area contributed by atoms with Gasteiger partial charge in [0.05, 0.1) is 18.4 Å². The lowest BCUT2D eigenvalue weighted by Crippen LogP contribution is -2.19. The quantitative estimate of drug-likeness (QED) is 0.721. The summed E-state index contributed by atoms with van der Waals surface area (Å²) in [6.07, 6.45) is 3.42. The molecule has 0 aliphatic carbocycles. The topological polar surface area (TPSA) is 80.3 Å². The Morgan fingerprint density at radius 2 is 1.79 bits per heavy atom. The second-order valence-corrected chi connectivity index (χ2v) is 5.05. The Morgan fingerprint density at radius 3 is 2.54 bits per heavy atom. The van der Waals surface area contributed by atoms with Crippen molar-refractivity contribution in [1.29, 1.82) is 0 Å². The number of hydrogen-bond donors (Lipinski definition) is 2. The van der Waals surface area contributed by atoms with Crippen molar-refractivity contribution < 1.29 is 14.3 Å². The van der Waals surface area contributed by atoms with Gasteiger partial charge in [0.2, 0.25) is 0 Å². The maximum absolute atomic E-state index is 12.2. The Hall–Kier alpha value is -3.41. The molecule has 2 aromatic carbocycles. The number of esters is 1. The molecule has 1 aromatic heterocycles. The zero-order valence-electron chi connectivity index (χ0n) is 12.9. The van der Waals surface area contributed by atoms with Gasteiger partial charge in [0.15, 0.2) is 0 Å². The molecule has 2 amide bonds. The largest absolute Gasteiger partial charge is 0.465 e. The van der Waals surface area contributed by atoms with Crippen molar-refractivity contribution in [1.82, 2.24) is 4.98 Å². The predicted octanol–water partition coefficient (Wildman–Crippen LogP) is 3.67. The summed E-state index contributed by atoms with van der Waals surface area (Å²) in [5.74, 6) is -0.421. The van der Waals surface area contributed by atoms with E-state index in [2.05, 4.69) is 20.4 Å². The lowest BCUT2D eigenvalue weighted by molar-refractivity contribution is 0.0601. The van der Waals surface area contributed by atoms with Gasteiger partial charge in [0, 0.05) is 28.9 Å². The minimum atomic E-state index is -0.421. The van der Waals surface area contributed by atoms with Crippen LogP contribution >= 0.6 is 0 Å². The van der Waals surface area contributed by atoms with Crippen LogP contribution in [0.2, 0.25) is 0 Å². The summed E-state index contributed by atoms with van der Waals surface area (Å²) < 4.78 is 4.63. The molecule has 2 N–H and O–H groups in total. The van der Waals surface area contributed by atoms with Crippen LogP contribution < -0.4 is 10.6 Å². The number of ether oxygens (including phenoxy) is 1. The first kappa shape index (κ1) is 15.5. The van der Waals surface area contributed by atoms with Crippen molar-refractivity contribution in [3.8, 4) is 0 Å². The number of carbonyl (C=O) groups is 2. The van der Waals surface area contributed by atoms with Gasteiger partial charge >= 0.3 is 12.0 Å². The van der Waals surface area contributed by atoms with Crippen molar-refractivity contribution >= 4 is 34.1 Å². The Morgan fingerprint density at radius 1 is 1.00 bits per heavy atom. The van der Waals surface area contributed by atoms with Crippen LogP contribution in [0.5, 0.6) is 0 Å². The SMILES string of the molecule is COC(=O)c1ccc(NC(=O)Nc2cccc3cnccc23)cc1. The van der Waals surface area contributed by atoms with Crippen molar-refractivity contribution in [3.05, 3.63) is 66.5 Å². The molecule has 0 saturated heterocycles. The fourth-order valence-electron chi connectivity index (χ4n) is 2.32. The lowest BCUT2D eigenvalue weighted by Gasteiger charge is -2.10. The standard InChI is InChI=1S/C18H15N3O3/c1-24-17(22)12-5-7-14(8-6-12)20-18(23)21-16-4-2-3-13-11-19-10-9-15(13)16/h2-11H,1H3,(H2,20,21,23). The number of urea groups is 1. The van der Waals surface area contributed by atoms with E-state index in [1.807, 2.05) is 24.3 Å². The molecule has 1 heterocycles. The molecule has 3 rings (SSSR count). The Balaban J connectivity index is 1.72. The van der Waals surface area contributed by atoms with Crippen molar-refractivity contribution in [2.24, 2.45) is 0 Å². The first-order valence-corrected chi connectivity index (χ1v) is 7.26. The van der Waals surface area contributed by atoms with Crippen LogP contribution in [0, 0.1) is 0 Å². The number of aromatic nitrogens is 1. The van der Waals surface area contributed by atoms with E-state index in [1.54, 1.807) is 36.7 Å². The first-order valence-electron chi connectivity index (χ1n) is 7.26. The fraction of sp³-hybridized carbons (Fsp3) is 0.0556. The van der Waals surface area contributed by atoms with E-state index in [1.165, 1.54) is 7.11 Å². The van der Waals surface area contributed by atoms with Crippen molar-refractivity contribution in [2.75, 3.05) is 17.7 Å². The van der Waals surface area contributed by atoms with Crippen LogP contribution in [0.3, 0.4) is 0 Å². The summed E-state index contributed by atoms with van der Waals surface area (Å²) in [5.41, 5.74) is 1.69. The molecule has 6 nitrogen and oxygen atoms in total. The van der Waals surface area contributed by atoms with Gasteiger partial charge in [-0.3, -0.25) is 4.98 Å². The number of anilines is 2. The number of hydrogen-bond acceptors (Lipinski definition) is 4. The third kappa shape index (κ3) is 3.33. The second kappa shape index (κ2) is 6.78. The van der Waals surface area contributed by atoms with Gasteiger partial charge in [-0.2, -0.15) is 0 Å². The van der Waals surface area contributed by atoms with Gasteiger partial charge in [0.25, 0.3) is 0 Å². The van der Waals surface area contributed by atoms with E-state index in [9.17, 15) is 9.59 Å².